The fourth-order valence-corrected chi connectivity index (χ4v) is 2.53. The van der Waals surface area contributed by atoms with Crippen molar-refractivity contribution >= 4 is 10.8 Å². The molecular formula is C18H21NO. The molecule has 0 aliphatic carbocycles. The van der Waals surface area contributed by atoms with E-state index >= 15 is 0 Å². The lowest BCUT2D eigenvalue weighted by atomic mass is 9.97. The fourth-order valence-electron chi connectivity index (χ4n) is 2.53. The maximum absolute atomic E-state index is 5.46. The summed E-state index contributed by atoms with van der Waals surface area (Å²) in [5.74, 6) is 3.65. The minimum atomic E-state index is 0.321. The summed E-state index contributed by atoms with van der Waals surface area (Å²) in [5, 5.41) is 5.93. The summed E-state index contributed by atoms with van der Waals surface area (Å²) in [5.41, 5.74) is 1.31. The maximum atomic E-state index is 5.46. The highest BCUT2D eigenvalue weighted by molar-refractivity contribution is 5.87. The van der Waals surface area contributed by atoms with Crippen molar-refractivity contribution in [2.24, 2.45) is 0 Å². The van der Waals surface area contributed by atoms with Gasteiger partial charge in [0, 0.05) is 12.5 Å². The molecular weight excluding hydrogens is 246 g/mol. The molecule has 0 bridgehead atoms. The van der Waals surface area contributed by atoms with Crippen molar-refractivity contribution < 1.29 is 4.74 Å². The van der Waals surface area contributed by atoms with Crippen LogP contribution in [-0.2, 0) is 6.42 Å². The maximum Gasteiger partial charge on any atom is 0.119 e. The van der Waals surface area contributed by atoms with Crippen molar-refractivity contribution in [2.45, 2.75) is 25.8 Å². The Kier molecular flexibility index (Phi) is 5.03. The Morgan fingerprint density at radius 2 is 2.15 bits per heavy atom. The molecule has 0 fully saturated rings. The van der Waals surface area contributed by atoms with Gasteiger partial charge in [0.1, 0.15) is 5.75 Å². The van der Waals surface area contributed by atoms with Crippen LogP contribution in [0, 0.1) is 12.3 Å². The van der Waals surface area contributed by atoms with Crippen LogP contribution in [0.2, 0.25) is 0 Å². The number of terminal acetylenes is 1. The summed E-state index contributed by atoms with van der Waals surface area (Å²) in [6, 6.07) is 12.9. The van der Waals surface area contributed by atoms with Crippen LogP contribution in [0.15, 0.2) is 36.4 Å². The van der Waals surface area contributed by atoms with Gasteiger partial charge in [-0.3, -0.25) is 0 Å². The quantitative estimate of drug-likeness (QED) is 0.810. The van der Waals surface area contributed by atoms with Crippen LogP contribution >= 0.6 is 0 Å². The van der Waals surface area contributed by atoms with Crippen LogP contribution in [0.1, 0.15) is 18.9 Å². The molecule has 0 heterocycles. The molecule has 0 spiro atoms. The van der Waals surface area contributed by atoms with E-state index in [1.165, 1.54) is 16.3 Å². The highest BCUT2D eigenvalue weighted by atomic mass is 16.5. The summed E-state index contributed by atoms with van der Waals surface area (Å²) >= 11 is 0. The zero-order valence-corrected chi connectivity index (χ0v) is 12.1. The van der Waals surface area contributed by atoms with E-state index in [-0.39, 0.29) is 0 Å². The number of benzene rings is 2. The van der Waals surface area contributed by atoms with Crippen LogP contribution in [0.4, 0.5) is 0 Å². The first-order valence-corrected chi connectivity index (χ1v) is 7.01. The first kappa shape index (κ1) is 14.4. The largest absolute Gasteiger partial charge is 0.497 e. The highest BCUT2D eigenvalue weighted by Crippen LogP contribution is 2.25. The second-order valence-electron chi connectivity index (χ2n) is 4.87. The van der Waals surface area contributed by atoms with Gasteiger partial charge in [-0.25, -0.2) is 0 Å². The molecule has 0 saturated heterocycles. The van der Waals surface area contributed by atoms with E-state index < -0.39 is 0 Å². The van der Waals surface area contributed by atoms with Gasteiger partial charge < -0.3 is 10.1 Å². The third kappa shape index (κ3) is 3.31. The number of methoxy groups -OCH3 is 1. The van der Waals surface area contributed by atoms with Crippen LogP contribution in [0.3, 0.4) is 0 Å². The number of nitrogens with one attached hydrogen (secondary N) is 1. The second-order valence-corrected chi connectivity index (χ2v) is 4.87. The number of likely N-dealkylation sites (N-methyl/N-ethyl adjacent to an activating group) is 1. The van der Waals surface area contributed by atoms with Gasteiger partial charge in [-0.1, -0.05) is 31.2 Å². The average molecular weight is 267 g/mol. The molecule has 2 heteroatoms. The minimum absolute atomic E-state index is 0.321. The van der Waals surface area contributed by atoms with Gasteiger partial charge >= 0.3 is 0 Å². The van der Waals surface area contributed by atoms with Crippen molar-refractivity contribution in [1.29, 1.82) is 0 Å². The van der Waals surface area contributed by atoms with Gasteiger partial charge in [0.25, 0.3) is 0 Å². The Bertz CT molecular complexity index is 612. The zero-order chi connectivity index (χ0) is 14.4. The molecule has 2 rings (SSSR count). The molecule has 2 nitrogen and oxygen atoms in total. The third-order valence-corrected chi connectivity index (χ3v) is 3.50. The summed E-state index contributed by atoms with van der Waals surface area (Å²) in [6.45, 7) is 3.04. The Morgan fingerprint density at radius 3 is 2.85 bits per heavy atom. The van der Waals surface area contributed by atoms with Crippen molar-refractivity contribution in [3.05, 3.63) is 42.0 Å². The van der Waals surface area contributed by atoms with Gasteiger partial charge in [0.2, 0.25) is 0 Å². The van der Waals surface area contributed by atoms with Crippen LogP contribution in [0.5, 0.6) is 5.75 Å². The minimum Gasteiger partial charge on any atom is -0.497 e. The molecule has 0 amide bonds. The number of hydrogen-bond acceptors (Lipinski definition) is 2. The standard InChI is InChI=1S/C18H21NO/c1-4-7-16(19-5-2)12-15-9-6-8-14-10-11-17(20-3)13-18(14)15/h1,6,8-11,13,16,19H,5,7,12H2,2-3H3. The van der Waals surface area contributed by atoms with E-state index in [2.05, 4.69) is 48.5 Å². The summed E-state index contributed by atoms with van der Waals surface area (Å²) in [7, 11) is 1.70. The first-order valence-electron chi connectivity index (χ1n) is 7.01. The molecule has 1 unspecified atom stereocenters. The topological polar surface area (TPSA) is 21.3 Å². The molecule has 0 aliphatic rings. The number of hydrogen-bond donors (Lipinski definition) is 1. The molecule has 2 aromatic rings. The van der Waals surface area contributed by atoms with Gasteiger partial charge in [-0.2, -0.15) is 0 Å². The third-order valence-electron chi connectivity index (χ3n) is 3.50. The number of rotatable bonds is 6. The summed E-state index contributed by atoms with van der Waals surface area (Å²) < 4.78 is 5.33. The average Bonchev–Trinajstić information content (AvgIpc) is 2.47. The van der Waals surface area contributed by atoms with Gasteiger partial charge in [0.15, 0.2) is 0 Å². The molecule has 0 saturated carbocycles. The molecule has 20 heavy (non-hydrogen) atoms. The Labute approximate surface area is 121 Å². The predicted octanol–water partition coefficient (Wildman–Crippen LogP) is 3.39. The van der Waals surface area contributed by atoms with Crippen molar-refractivity contribution in [2.75, 3.05) is 13.7 Å². The van der Waals surface area contributed by atoms with E-state index in [9.17, 15) is 0 Å². The van der Waals surface area contributed by atoms with E-state index in [4.69, 9.17) is 11.2 Å². The second kappa shape index (κ2) is 6.98. The molecule has 104 valence electrons. The highest BCUT2D eigenvalue weighted by Gasteiger charge is 2.10. The van der Waals surface area contributed by atoms with Crippen molar-refractivity contribution in [3.63, 3.8) is 0 Å². The van der Waals surface area contributed by atoms with Crippen molar-refractivity contribution in [1.82, 2.24) is 5.32 Å². The normalized spacial score (nSPS) is 12.1. The molecule has 1 atom stereocenters. The van der Waals surface area contributed by atoms with Crippen LogP contribution < -0.4 is 10.1 Å². The van der Waals surface area contributed by atoms with Crippen LogP contribution in [-0.4, -0.2) is 19.7 Å². The lowest BCUT2D eigenvalue weighted by Crippen LogP contribution is -2.30. The molecule has 1 N–H and O–H groups in total. The fraction of sp³-hybridized carbons (Fsp3) is 0.333. The molecule has 0 aromatic heterocycles. The van der Waals surface area contributed by atoms with Gasteiger partial charge in [-0.15, -0.1) is 12.3 Å². The van der Waals surface area contributed by atoms with E-state index in [1.54, 1.807) is 7.11 Å². The monoisotopic (exact) mass is 267 g/mol. The van der Waals surface area contributed by atoms with Gasteiger partial charge in [0.05, 0.1) is 7.11 Å². The molecule has 0 aliphatic heterocycles. The zero-order valence-electron chi connectivity index (χ0n) is 12.1. The number of ether oxygens (including phenoxy) is 1. The summed E-state index contributed by atoms with van der Waals surface area (Å²) in [4.78, 5) is 0. The molecule has 0 radical (unpaired) electrons. The molecule has 2 aromatic carbocycles. The summed E-state index contributed by atoms with van der Waals surface area (Å²) in [6.07, 6.45) is 7.14. The Balaban J connectivity index is 2.35. The smallest absolute Gasteiger partial charge is 0.119 e. The SMILES string of the molecule is C#CCC(Cc1cccc2ccc(OC)cc12)NCC. The number of fused-ring (bicyclic) bond motifs is 1. The first-order chi connectivity index (χ1) is 9.78. The van der Waals surface area contributed by atoms with Crippen LogP contribution in [0.25, 0.3) is 10.8 Å². The Morgan fingerprint density at radius 1 is 1.30 bits per heavy atom. The lowest BCUT2D eigenvalue weighted by Gasteiger charge is -2.17. The Hall–Kier alpha value is -1.98. The van der Waals surface area contributed by atoms with E-state index in [0.29, 0.717) is 6.04 Å². The van der Waals surface area contributed by atoms with Gasteiger partial charge in [-0.05, 0) is 41.4 Å². The predicted molar refractivity (Wildman–Crippen MR) is 85.1 cm³/mol. The lowest BCUT2D eigenvalue weighted by molar-refractivity contribution is 0.415. The van der Waals surface area contributed by atoms with E-state index in [1.807, 2.05) is 6.07 Å². The van der Waals surface area contributed by atoms with E-state index in [0.717, 1.165) is 25.1 Å². The van der Waals surface area contributed by atoms with Crippen molar-refractivity contribution in [3.8, 4) is 18.1 Å².